The molecule has 0 fully saturated rings. The summed E-state index contributed by atoms with van der Waals surface area (Å²) in [7, 11) is -2.08. The molecule has 0 atom stereocenters. The molecule has 4 N–H and O–H groups in total. The SMILES string of the molecule is COCCCNS(=O)(=O)c1ncccc1NN. The number of hydrogen-bond acceptors (Lipinski definition) is 6. The van der Waals surface area contributed by atoms with Crippen LogP contribution in [0.25, 0.3) is 0 Å². The maximum Gasteiger partial charge on any atom is 0.260 e. The predicted molar refractivity (Wildman–Crippen MR) is 63.7 cm³/mol. The molecule has 0 amide bonds. The highest BCUT2D eigenvalue weighted by Gasteiger charge is 2.18. The summed E-state index contributed by atoms with van der Waals surface area (Å²) in [5.74, 6) is 5.22. The third-order valence-electron chi connectivity index (χ3n) is 2.00. The zero-order valence-electron chi connectivity index (χ0n) is 9.51. The number of nitrogens with zero attached hydrogens (tertiary/aromatic N) is 1. The van der Waals surface area contributed by atoms with Crippen LogP contribution in [0.1, 0.15) is 6.42 Å². The van der Waals surface area contributed by atoms with E-state index in [0.717, 1.165) is 0 Å². The Morgan fingerprint density at radius 2 is 2.29 bits per heavy atom. The van der Waals surface area contributed by atoms with Gasteiger partial charge < -0.3 is 10.2 Å². The number of hydrogen-bond donors (Lipinski definition) is 3. The van der Waals surface area contributed by atoms with Crippen molar-refractivity contribution in [2.24, 2.45) is 5.84 Å². The molecule has 1 heterocycles. The summed E-state index contributed by atoms with van der Waals surface area (Å²) in [5.41, 5.74) is 2.55. The Morgan fingerprint density at radius 3 is 2.94 bits per heavy atom. The molecule has 1 aromatic heterocycles. The van der Waals surface area contributed by atoms with Gasteiger partial charge in [0.1, 0.15) is 0 Å². The van der Waals surface area contributed by atoms with Crippen LogP contribution in [0.4, 0.5) is 5.69 Å². The van der Waals surface area contributed by atoms with Crippen molar-refractivity contribution >= 4 is 15.7 Å². The van der Waals surface area contributed by atoms with Crippen LogP contribution < -0.4 is 16.0 Å². The van der Waals surface area contributed by atoms with Crippen molar-refractivity contribution in [2.75, 3.05) is 25.7 Å². The third kappa shape index (κ3) is 3.93. The first-order chi connectivity index (χ1) is 8.11. The number of anilines is 1. The van der Waals surface area contributed by atoms with Crippen LogP contribution in [0.3, 0.4) is 0 Å². The Kier molecular flexibility index (Phi) is 5.29. The first-order valence-corrected chi connectivity index (χ1v) is 6.50. The highest BCUT2D eigenvalue weighted by atomic mass is 32.2. The molecule has 0 saturated carbocycles. The van der Waals surface area contributed by atoms with Crippen LogP contribution in [0.5, 0.6) is 0 Å². The molecule has 0 aliphatic heterocycles. The number of pyridine rings is 1. The van der Waals surface area contributed by atoms with E-state index in [0.29, 0.717) is 13.0 Å². The number of aromatic nitrogens is 1. The van der Waals surface area contributed by atoms with E-state index < -0.39 is 10.0 Å². The number of methoxy groups -OCH3 is 1. The summed E-state index contributed by atoms with van der Waals surface area (Å²) in [4.78, 5) is 3.80. The fourth-order valence-corrected chi connectivity index (χ4v) is 2.37. The number of hydrazine groups is 1. The Balaban J connectivity index is 2.75. The Bertz CT molecular complexity index is 449. The number of nitrogens with one attached hydrogen (secondary N) is 2. The molecule has 17 heavy (non-hydrogen) atoms. The molecule has 1 aromatic rings. The van der Waals surface area contributed by atoms with E-state index in [2.05, 4.69) is 15.1 Å². The Morgan fingerprint density at radius 1 is 1.53 bits per heavy atom. The molecule has 0 aliphatic rings. The van der Waals surface area contributed by atoms with Crippen LogP contribution in [0.2, 0.25) is 0 Å². The maximum absolute atomic E-state index is 11.9. The molecule has 0 unspecified atom stereocenters. The fraction of sp³-hybridized carbons (Fsp3) is 0.444. The number of nitrogens with two attached hydrogens (primary N) is 1. The lowest BCUT2D eigenvalue weighted by atomic mass is 10.4. The molecule has 8 heteroatoms. The lowest BCUT2D eigenvalue weighted by Crippen LogP contribution is -2.27. The van der Waals surface area contributed by atoms with Gasteiger partial charge in [-0.05, 0) is 18.6 Å². The standard InChI is InChI=1S/C9H16N4O3S/c1-16-7-3-6-12-17(14,15)9-8(13-10)4-2-5-11-9/h2,4-5,12-13H,3,6-7,10H2,1H3. The highest BCUT2D eigenvalue weighted by molar-refractivity contribution is 7.89. The minimum absolute atomic E-state index is 0.111. The summed E-state index contributed by atoms with van der Waals surface area (Å²) in [6.45, 7) is 0.781. The van der Waals surface area contributed by atoms with Gasteiger partial charge in [0.2, 0.25) is 0 Å². The number of ether oxygens (including phenoxy) is 1. The van der Waals surface area contributed by atoms with Gasteiger partial charge in [0, 0.05) is 26.5 Å². The quantitative estimate of drug-likeness (QED) is 0.352. The van der Waals surface area contributed by atoms with Crippen molar-refractivity contribution in [3.63, 3.8) is 0 Å². The number of nitrogen functional groups attached to an aromatic ring is 1. The average molecular weight is 260 g/mol. The topological polar surface area (TPSA) is 106 Å². The smallest absolute Gasteiger partial charge is 0.260 e. The molecule has 0 radical (unpaired) electrons. The normalized spacial score (nSPS) is 11.4. The molecule has 1 rings (SSSR count). The van der Waals surface area contributed by atoms with Crippen LogP contribution in [-0.2, 0) is 14.8 Å². The lowest BCUT2D eigenvalue weighted by Gasteiger charge is -2.09. The summed E-state index contributed by atoms with van der Waals surface area (Å²) >= 11 is 0. The van der Waals surface area contributed by atoms with Crippen LogP contribution in [-0.4, -0.2) is 33.7 Å². The average Bonchev–Trinajstić information content (AvgIpc) is 2.34. The fourth-order valence-electron chi connectivity index (χ4n) is 1.21. The van der Waals surface area contributed by atoms with Crippen molar-refractivity contribution in [3.05, 3.63) is 18.3 Å². The first-order valence-electron chi connectivity index (χ1n) is 5.02. The molecule has 7 nitrogen and oxygen atoms in total. The zero-order chi connectivity index (χ0) is 12.7. The summed E-state index contributed by atoms with van der Waals surface area (Å²) in [6, 6.07) is 3.13. The van der Waals surface area contributed by atoms with Gasteiger partial charge in [-0.15, -0.1) is 0 Å². The second-order valence-corrected chi connectivity index (χ2v) is 4.93. The molecule has 96 valence electrons. The molecular formula is C9H16N4O3S. The lowest BCUT2D eigenvalue weighted by molar-refractivity contribution is 0.196. The molecule has 0 aromatic carbocycles. The van der Waals surface area contributed by atoms with Crippen molar-refractivity contribution in [1.29, 1.82) is 0 Å². The van der Waals surface area contributed by atoms with Gasteiger partial charge in [-0.25, -0.2) is 18.1 Å². The van der Waals surface area contributed by atoms with Gasteiger partial charge in [0.15, 0.2) is 5.03 Å². The van der Waals surface area contributed by atoms with E-state index in [1.807, 2.05) is 0 Å². The number of sulfonamides is 1. The van der Waals surface area contributed by atoms with Crippen LogP contribution >= 0.6 is 0 Å². The minimum Gasteiger partial charge on any atom is -0.385 e. The van der Waals surface area contributed by atoms with Crippen molar-refractivity contribution < 1.29 is 13.2 Å². The van der Waals surface area contributed by atoms with Crippen molar-refractivity contribution in [2.45, 2.75) is 11.4 Å². The Labute approximate surface area is 100 Å². The van der Waals surface area contributed by atoms with Crippen molar-refractivity contribution in [1.82, 2.24) is 9.71 Å². The maximum atomic E-state index is 11.9. The minimum atomic E-state index is -3.64. The van der Waals surface area contributed by atoms with E-state index in [-0.39, 0.29) is 17.3 Å². The zero-order valence-corrected chi connectivity index (χ0v) is 10.3. The van der Waals surface area contributed by atoms with Gasteiger partial charge in [0.05, 0.1) is 5.69 Å². The summed E-state index contributed by atoms with van der Waals surface area (Å²) in [5, 5.41) is -0.111. The van der Waals surface area contributed by atoms with Gasteiger partial charge in [0.25, 0.3) is 10.0 Å². The predicted octanol–water partition coefficient (Wildman–Crippen LogP) is -0.318. The monoisotopic (exact) mass is 260 g/mol. The molecule has 0 saturated heterocycles. The second kappa shape index (κ2) is 6.50. The van der Waals surface area contributed by atoms with Crippen LogP contribution in [0, 0.1) is 0 Å². The van der Waals surface area contributed by atoms with E-state index >= 15 is 0 Å². The Hall–Kier alpha value is -1.22. The molecule has 0 aliphatic carbocycles. The molecular weight excluding hydrogens is 244 g/mol. The summed E-state index contributed by atoms with van der Waals surface area (Å²) < 4.78 is 31.0. The van der Waals surface area contributed by atoms with Gasteiger partial charge in [-0.1, -0.05) is 0 Å². The van der Waals surface area contributed by atoms with E-state index in [4.69, 9.17) is 10.6 Å². The largest absolute Gasteiger partial charge is 0.385 e. The summed E-state index contributed by atoms with van der Waals surface area (Å²) in [6.07, 6.45) is 1.98. The number of rotatable bonds is 7. The molecule has 0 bridgehead atoms. The van der Waals surface area contributed by atoms with Gasteiger partial charge >= 0.3 is 0 Å². The van der Waals surface area contributed by atoms with Gasteiger partial charge in [-0.3, -0.25) is 5.84 Å². The van der Waals surface area contributed by atoms with Gasteiger partial charge in [-0.2, -0.15) is 0 Å². The molecule has 0 spiro atoms. The van der Waals surface area contributed by atoms with E-state index in [1.54, 1.807) is 13.2 Å². The third-order valence-corrected chi connectivity index (χ3v) is 3.42. The second-order valence-electron chi connectivity index (χ2n) is 3.24. The van der Waals surface area contributed by atoms with E-state index in [9.17, 15) is 8.42 Å². The highest BCUT2D eigenvalue weighted by Crippen LogP contribution is 2.15. The van der Waals surface area contributed by atoms with Crippen LogP contribution in [0.15, 0.2) is 23.4 Å². The van der Waals surface area contributed by atoms with Crippen molar-refractivity contribution in [3.8, 4) is 0 Å². The van der Waals surface area contributed by atoms with E-state index in [1.165, 1.54) is 12.3 Å². The first kappa shape index (κ1) is 13.8.